The number of thioether (sulfide) groups is 1. The minimum atomic E-state index is -3.67. The molecule has 2 rings (SSSR count). The van der Waals surface area contributed by atoms with Crippen LogP contribution in [0.15, 0.2) is 48.5 Å². The Labute approximate surface area is 258 Å². The number of nitrogens with one attached hydrogen (secondary N) is 2. The molecule has 238 valence electrons. The monoisotopic (exact) mass is 661 g/mol. The molecular formula is C25H35N5O10S3. The average Bonchev–Trinajstić information content (AvgIpc) is 2.93. The molecule has 0 aliphatic rings. The number of amidine groups is 1. The number of amides is 1. The van der Waals surface area contributed by atoms with Crippen LogP contribution in [0.3, 0.4) is 0 Å². The number of hydrogen-bond acceptors (Lipinski definition) is 12. The molecule has 0 saturated heterocycles. The van der Waals surface area contributed by atoms with Gasteiger partial charge in [0.05, 0.1) is 17.2 Å². The molecule has 2 aromatic carbocycles. The van der Waals surface area contributed by atoms with E-state index in [2.05, 4.69) is 17.9 Å². The SMILES string of the molecule is CS(=O)(=O)O.N=C(N)SCCc1ccc(OCc2ccc([N+](=O)[O-])cc2)cc1.N[C@H](C=O)CCC(=O)N[C@@H](CS)C(=O)O. The predicted molar refractivity (Wildman–Crippen MR) is 166 cm³/mol. The first-order valence-electron chi connectivity index (χ1n) is 12.2. The van der Waals surface area contributed by atoms with E-state index in [4.69, 9.17) is 31.3 Å². The second kappa shape index (κ2) is 21.1. The molecule has 43 heavy (non-hydrogen) atoms. The third-order valence-corrected chi connectivity index (χ3v) is 5.90. The van der Waals surface area contributed by atoms with Gasteiger partial charge in [-0.25, -0.2) is 4.79 Å². The van der Waals surface area contributed by atoms with Crippen molar-refractivity contribution in [1.82, 2.24) is 5.32 Å². The second-order valence-electron chi connectivity index (χ2n) is 8.53. The van der Waals surface area contributed by atoms with E-state index in [0.29, 0.717) is 19.1 Å². The van der Waals surface area contributed by atoms with E-state index in [-0.39, 0.29) is 29.4 Å². The van der Waals surface area contributed by atoms with Gasteiger partial charge in [-0.05, 0) is 48.2 Å². The Balaban J connectivity index is 0.000000758. The van der Waals surface area contributed by atoms with E-state index >= 15 is 0 Å². The van der Waals surface area contributed by atoms with Crippen LogP contribution in [-0.2, 0) is 37.5 Å². The number of nitro benzene ring substituents is 1. The number of non-ortho nitro benzene ring substituents is 1. The Morgan fingerprint density at radius 3 is 2.16 bits per heavy atom. The number of aryl methyl sites for hydroxylation is 1. The summed E-state index contributed by atoms with van der Waals surface area (Å²) < 4.78 is 31.5. The van der Waals surface area contributed by atoms with Gasteiger partial charge >= 0.3 is 5.97 Å². The van der Waals surface area contributed by atoms with E-state index in [1.54, 1.807) is 12.1 Å². The largest absolute Gasteiger partial charge is 0.489 e. The fourth-order valence-electron chi connectivity index (χ4n) is 2.73. The van der Waals surface area contributed by atoms with Crippen molar-refractivity contribution in [2.45, 2.75) is 38.0 Å². The van der Waals surface area contributed by atoms with Crippen molar-refractivity contribution in [1.29, 1.82) is 5.41 Å². The number of nitro groups is 1. The number of ether oxygens (including phenoxy) is 1. The summed E-state index contributed by atoms with van der Waals surface area (Å²) in [6.07, 6.45) is 2.33. The van der Waals surface area contributed by atoms with Crippen molar-refractivity contribution in [2.24, 2.45) is 11.5 Å². The Morgan fingerprint density at radius 1 is 1.19 bits per heavy atom. The maximum Gasteiger partial charge on any atom is 0.327 e. The molecule has 1 amide bonds. The summed E-state index contributed by atoms with van der Waals surface area (Å²) in [5.74, 6) is -0.0582. The van der Waals surface area contributed by atoms with Crippen LogP contribution in [0.5, 0.6) is 5.75 Å². The molecule has 2 aromatic rings. The molecule has 0 aromatic heterocycles. The summed E-state index contributed by atoms with van der Waals surface area (Å²) in [7, 11) is -3.67. The number of benzene rings is 2. The number of carboxylic acid groups (broad SMARTS) is 1. The van der Waals surface area contributed by atoms with Gasteiger partial charge in [0.2, 0.25) is 5.91 Å². The highest BCUT2D eigenvalue weighted by Gasteiger charge is 2.18. The fraction of sp³-hybridized carbons (Fsp3) is 0.360. The van der Waals surface area contributed by atoms with Gasteiger partial charge < -0.3 is 31.4 Å². The standard InChI is InChI=1S/C16H17N3O3S.C8H14N2O4S.CH4O3S/c17-16(18)23-10-9-12-3-7-15(8-4-12)22-11-13-1-5-14(6-2-13)19(20)21;9-5(3-11)1-2-7(12)10-6(4-15)8(13)14;1-5(2,3)4/h1-8H,9-11H2,(H3,17,18);3,5-6,15H,1-2,4,9H2,(H,10,12)(H,13,14);1H3,(H,2,3,4)/t;5-,6-;/m.0./s1. The number of thiol groups is 1. The van der Waals surface area contributed by atoms with Gasteiger partial charge in [0.1, 0.15) is 24.7 Å². The topological polar surface area (TPSA) is 266 Å². The van der Waals surface area contributed by atoms with Gasteiger partial charge in [-0.3, -0.25) is 24.9 Å². The van der Waals surface area contributed by atoms with Crippen LogP contribution in [0.1, 0.15) is 24.0 Å². The van der Waals surface area contributed by atoms with Gasteiger partial charge in [0, 0.05) is 30.1 Å². The number of aliphatic carboxylic acids is 1. The Bertz CT molecular complexity index is 1290. The lowest BCUT2D eigenvalue weighted by Gasteiger charge is -2.11. The summed E-state index contributed by atoms with van der Waals surface area (Å²) in [5, 5.41) is 28.7. The first-order valence-corrected chi connectivity index (χ1v) is 15.7. The maximum absolute atomic E-state index is 11.2. The molecule has 0 bridgehead atoms. The molecule has 0 aliphatic carbocycles. The third kappa shape index (κ3) is 21.6. The van der Waals surface area contributed by atoms with Crippen molar-refractivity contribution in [3.05, 3.63) is 69.8 Å². The lowest BCUT2D eigenvalue weighted by atomic mass is 10.2. The van der Waals surface area contributed by atoms with Gasteiger partial charge in [0.25, 0.3) is 15.8 Å². The highest BCUT2D eigenvalue weighted by molar-refractivity contribution is 8.13. The van der Waals surface area contributed by atoms with E-state index in [9.17, 15) is 32.9 Å². The van der Waals surface area contributed by atoms with Crippen LogP contribution in [0, 0.1) is 15.5 Å². The van der Waals surface area contributed by atoms with E-state index in [1.165, 1.54) is 23.9 Å². The number of nitrogens with zero attached hydrogens (tertiary/aromatic N) is 1. The fourth-order valence-corrected chi connectivity index (χ4v) is 3.53. The zero-order chi connectivity index (χ0) is 33.0. The first kappa shape index (κ1) is 39.3. The molecule has 0 fully saturated rings. The zero-order valence-corrected chi connectivity index (χ0v) is 25.6. The average molecular weight is 662 g/mol. The smallest absolute Gasteiger partial charge is 0.327 e. The Morgan fingerprint density at radius 2 is 1.72 bits per heavy atom. The number of hydrogen-bond donors (Lipinski definition) is 7. The molecule has 2 atom stereocenters. The third-order valence-electron chi connectivity index (χ3n) is 4.82. The predicted octanol–water partition coefficient (Wildman–Crippen LogP) is 1.64. The second-order valence-corrected chi connectivity index (χ2v) is 11.5. The molecular weight excluding hydrogens is 627 g/mol. The maximum atomic E-state index is 11.2. The summed E-state index contributed by atoms with van der Waals surface area (Å²) >= 11 is 5.10. The normalized spacial score (nSPS) is 11.7. The number of carbonyl (C=O) groups is 3. The summed E-state index contributed by atoms with van der Waals surface area (Å²) in [5.41, 5.74) is 12.7. The van der Waals surface area contributed by atoms with Crippen LogP contribution in [0.4, 0.5) is 5.69 Å². The number of nitrogens with two attached hydrogens (primary N) is 2. The van der Waals surface area contributed by atoms with Crippen LogP contribution in [0.25, 0.3) is 0 Å². The molecule has 15 nitrogen and oxygen atoms in total. The number of carbonyl (C=O) groups excluding carboxylic acids is 2. The van der Waals surface area contributed by atoms with Crippen LogP contribution >= 0.6 is 24.4 Å². The zero-order valence-electron chi connectivity index (χ0n) is 23.1. The van der Waals surface area contributed by atoms with Gasteiger partial charge in [-0.15, -0.1) is 0 Å². The van der Waals surface area contributed by atoms with Crippen molar-refractivity contribution in [2.75, 3.05) is 17.8 Å². The lowest BCUT2D eigenvalue weighted by molar-refractivity contribution is -0.384. The van der Waals surface area contributed by atoms with E-state index < -0.39 is 39.0 Å². The summed E-state index contributed by atoms with van der Waals surface area (Å²) in [6.45, 7) is 0.359. The molecule has 0 aliphatic heterocycles. The van der Waals surface area contributed by atoms with Crippen LogP contribution in [-0.4, -0.2) is 76.2 Å². The minimum Gasteiger partial charge on any atom is -0.489 e. The Kier molecular flexibility index (Phi) is 19.2. The quantitative estimate of drug-likeness (QED) is 0.0289. The van der Waals surface area contributed by atoms with Gasteiger partial charge in [0.15, 0.2) is 5.17 Å². The van der Waals surface area contributed by atoms with Crippen LogP contribution in [0.2, 0.25) is 0 Å². The number of aldehydes is 1. The van der Waals surface area contributed by atoms with Crippen molar-refractivity contribution in [3.63, 3.8) is 0 Å². The van der Waals surface area contributed by atoms with Crippen molar-refractivity contribution < 1.29 is 42.1 Å². The molecule has 0 saturated carbocycles. The molecule has 0 radical (unpaired) electrons. The summed E-state index contributed by atoms with van der Waals surface area (Å²) in [4.78, 5) is 42.0. The summed E-state index contributed by atoms with van der Waals surface area (Å²) in [6, 6.07) is 12.3. The highest BCUT2D eigenvalue weighted by atomic mass is 32.2. The van der Waals surface area contributed by atoms with Crippen LogP contribution < -0.4 is 21.5 Å². The van der Waals surface area contributed by atoms with Crippen molar-refractivity contribution in [3.8, 4) is 5.75 Å². The van der Waals surface area contributed by atoms with Gasteiger partial charge in [-0.2, -0.15) is 21.0 Å². The molecule has 0 spiro atoms. The highest BCUT2D eigenvalue weighted by Crippen LogP contribution is 2.17. The molecule has 18 heteroatoms. The van der Waals surface area contributed by atoms with E-state index in [1.807, 2.05) is 24.3 Å². The number of carboxylic acids is 1. The lowest BCUT2D eigenvalue weighted by Crippen LogP contribution is -2.42. The van der Waals surface area contributed by atoms with Crippen molar-refractivity contribution >= 4 is 63.5 Å². The first-order chi connectivity index (χ1) is 20.0. The van der Waals surface area contributed by atoms with Gasteiger partial charge in [-0.1, -0.05) is 23.9 Å². The molecule has 0 unspecified atom stereocenters. The minimum absolute atomic E-state index is 0.0147. The van der Waals surface area contributed by atoms with E-state index in [0.717, 1.165) is 29.1 Å². The Hall–Kier alpha value is -3.71. The molecule has 0 heterocycles. The molecule has 8 N–H and O–H groups in total. The number of rotatable bonds is 14.